The molecular formula is C15H23N3O. The van der Waals surface area contributed by atoms with E-state index in [1.165, 1.54) is 0 Å². The summed E-state index contributed by atoms with van der Waals surface area (Å²) in [5.74, 6) is 0.0560. The quantitative estimate of drug-likeness (QED) is 0.781. The lowest BCUT2D eigenvalue weighted by Gasteiger charge is -2.32. The van der Waals surface area contributed by atoms with E-state index in [0.29, 0.717) is 6.54 Å². The third-order valence-corrected chi connectivity index (χ3v) is 3.41. The van der Waals surface area contributed by atoms with Gasteiger partial charge in [-0.15, -0.1) is 0 Å². The third-order valence-electron chi connectivity index (χ3n) is 3.41. The number of amides is 1. The maximum Gasteiger partial charge on any atom is 0.244 e. The van der Waals surface area contributed by atoms with Crippen LogP contribution in [0, 0.1) is 0 Å². The molecule has 104 valence electrons. The van der Waals surface area contributed by atoms with E-state index in [2.05, 4.69) is 36.7 Å². The van der Waals surface area contributed by atoms with E-state index in [1.54, 1.807) is 0 Å². The molecule has 1 aromatic carbocycles. The molecule has 2 rings (SSSR count). The highest BCUT2D eigenvalue weighted by molar-refractivity contribution is 5.89. The maximum atomic E-state index is 12.3. The average Bonchev–Trinajstić information content (AvgIpc) is 2.37. The molecule has 19 heavy (non-hydrogen) atoms. The van der Waals surface area contributed by atoms with Crippen molar-refractivity contribution in [2.24, 2.45) is 0 Å². The number of hydrogen-bond donors (Lipinski definition) is 3. The van der Waals surface area contributed by atoms with E-state index in [4.69, 9.17) is 0 Å². The normalized spacial score (nSPS) is 17.9. The molecule has 1 atom stereocenters. The lowest BCUT2D eigenvalue weighted by Crippen LogP contribution is -2.52. The molecule has 0 aromatic heterocycles. The summed E-state index contributed by atoms with van der Waals surface area (Å²) in [6, 6.07) is 7.73. The first kappa shape index (κ1) is 13.7. The van der Waals surface area contributed by atoms with Crippen LogP contribution < -0.4 is 16.0 Å². The van der Waals surface area contributed by atoms with Gasteiger partial charge < -0.3 is 16.0 Å². The predicted molar refractivity (Wildman–Crippen MR) is 79.5 cm³/mol. The van der Waals surface area contributed by atoms with Crippen LogP contribution in [0.4, 0.5) is 11.4 Å². The molecular weight excluding hydrogens is 238 g/mol. The highest BCUT2D eigenvalue weighted by atomic mass is 16.2. The van der Waals surface area contributed by atoms with E-state index >= 15 is 0 Å². The van der Waals surface area contributed by atoms with Crippen LogP contribution in [0.5, 0.6) is 0 Å². The third kappa shape index (κ3) is 3.40. The molecule has 0 radical (unpaired) electrons. The smallest absolute Gasteiger partial charge is 0.244 e. The van der Waals surface area contributed by atoms with E-state index in [0.717, 1.165) is 24.2 Å². The second kappa shape index (κ2) is 5.51. The minimum absolute atomic E-state index is 0.0560. The summed E-state index contributed by atoms with van der Waals surface area (Å²) in [5, 5.41) is 9.69. The van der Waals surface area contributed by atoms with Gasteiger partial charge in [0, 0.05) is 12.1 Å². The Morgan fingerprint density at radius 3 is 2.74 bits per heavy atom. The molecule has 1 amide bonds. The van der Waals surface area contributed by atoms with E-state index in [1.807, 2.05) is 24.3 Å². The zero-order valence-corrected chi connectivity index (χ0v) is 11.9. The van der Waals surface area contributed by atoms with E-state index in [9.17, 15) is 4.79 Å². The van der Waals surface area contributed by atoms with Gasteiger partial charge in [0.25, 0.3) is 0 Å². The molecule has 1 aromatic rings. The van der Waals surface area contributed by atoms with Crippen molar-refractivity contribution in [3.05, 3.63) is 24.3 Å². The Morgan fingerprint density at radius 2 is 2.05 bits per heavy atom. The lowest BCUT2D eigenvalue weighted by molar-refractivity contribution is -0.123. The Labute approximate surface area is 115 Å². The number of hydrogen-bond acceptors (Lipinski definition) is 3. The van der Waals surface area contributed by atoms with Gasteiger partial charge in [-0.3, -0.25) is 4.79 Å². The molecule has 1 aliphatic rings. The van der Waals surface area contributed by atoms with E-state index in [-0.39, 0.29) is 17.5 Å². The minimum Gasteiger partial charge on any atom is -0.381 e. The summed E-state index contributed by atoms with van der Waals surface area (Å²) >= 11 is 0. The SMILES string of the molecule is CCCC(C)(C)NC(=O)C1CNc2ccccc2N1. The molecule has 1 aliphatic heterocycles. The van der Waals surface area contributed by atoms with Crippen LogP contribution in [-0.2, 0) is 4.79 Å². The predicted octanol–water partition coefficient (Wildman–Crippen LogP) is 2.59. The van der Waals surface area contributed by atoms with Crippen LogP contribution in [0.1, 0.15) is 33.6 Å². The Bertz CT molecular complexity index is 456. The van der Waals surface area contributed by atoms with Gasteiger partial charge >= 0.3 is 0 Å². The fourth-order valence-electron chi connectivity index (χ4n) is 2.48. The van der Waals surface area contributed by atoms with Crippen molar-refractivity contribution in [1.82, 2.24) is 5.32 Å². The summed E-state index contributed by atoms with van der Waals surface area (Å²) < 4.78 is 0. The van der Waals surface area contributed by atoms with Gasteiger partial charge in [-0.1, -0.05) is 25.5 Å². The molecule has 1 heterocycles. The number of carbonyl (C=O) groups excluding carboxylic acids is 1. The molecule has 0 saturated carbocycles. The van der Waals surface area contributed by atoms with Gasteiger partial charge in [0.05, 0.1) is 11.4 Å². The monoisotopic (exact) mass is 261 g/mol. The van der Waals surface area contributed by atoms with Gasteiger partial charge in [-0.2, -0.15) is 0 Å². The highest BCUT2D eigenvalue weighted by Gasteiger charge is 2.27. The Balaban J connectivity index is 1.99. The van der Waals surface area contributed by atoms with Crippen molar-refractivity contribution in [2.75, 3.05) is 17.2 Å². The molecule has 4 nitrogen and oxygen atoms in total. The van der Waals surface area contributed by atoms with E-state index < -0.39 is 0 Å². The van der Waals surface area contributed by atoms with Crippen molar-refractivity contribution >= 4 is 17.3 Å². The lowest BCUT2D eigenvalue weighted by atomic mass is 9.98. The van der Waals surface area contributed by atoms with Crippen molar-refractivity contribution in [3.63, 3.8) is 0 Å². The van der Waals surface area contributed by atoms with Crippen LogP contribution in [0.3, 0.4) is 0 Å². The van der Waals surface area contributed by atoms with Crippen molar-refractivity contribution in [2.45, 2.75) is 45.2 Å². The van der Waals surface area contributed by atoms with Crippen LogP contribution in [0.15, 0.2) is 24.3 Å². The molecule has 0 spiro atoms. The van der Waals surface area contributed by atoms with Crippen LogP contribution >= 0.6 is 0 Å². The van der Waals surface area contributed by atoms with Crippen LogP contribution in [0.2, 0.25) is 0 Å². The number of anilines is 2. The number of nitrogens with one attached hydrogen (secondary N) is 3. The topological polar surface area (TPSA) is 53.2 Å². The highest BCUT2D eigenvalue weighted by Crippen LogP contribution is 2.25. The number of carbonyl (C=O) groups is 1. The fourth-order valence-corrected chi connectivity index (χ4v) is 2.48. The number of fused-ring (bicyclic) bond motifs is 1. The minimum atomic E-state index is -0.217. The molecule has 0 saturated heterocycles. The van der Waals surface area contributed by atoms with Gasteiger partial charge in [-0.25, -0.2) is 0 Å². The number of para-hydroxylation sites is 2. The first-order chi connectivity index (χ1) is 9.02. The maximum absolute atomic E-state index is 12.3. The van der Waals surface area contributed by atoms with Crippen molar-refractivity contribution in [3.8, 4) is 0 Å². The fraction of sp³-hybridized carbons (Fsp3) is 0.533. The summed E-state index contributed by atoms with van der Waals surface area (Å²) in [6.07, 6.45) is 2.04. The Morgan fingerprint density at radius 1 is 1.37 bits per heavy atom. The van der Waals surface area contributed by atoms with Gasteiger partial charge in [0.2, 0.25) is 5.91 Å². The summed E-state index contributed by atoms with van der Waals surface area (Å²) in [5.41, 5.74) is 1.89. The molecule has 0 fully saturated rings. The van der Waals surface area contributed by atoms with Gasteiger partial charge in [0.1, 0.15) is 6.04 Å². The average molecular weight is 261 g/mol. The zero-order valence-electron chi connectivity index (χ0n) is 11.9. The number of benzene rings is 1. The first-order valence-corrected chi connectivity index (χ1v) is 6.93. The second-order valence-electron chi connectivity index (χ2n) is 5.75. The summed E-state index contributed by atoms with van der Waals surface area (Å²) in [6.45, 7) is 6.88. The standard InChI is InChI=1S/C15H23N3O/c1-4-9-15(2,3)18-14(19)13-10-16-11-7-5-6-8-12(11)17-13/h5-8,13,16-17H,4,9-10H2,1-3H3,(H,18,19). The van der Waals surface area contributed by atoms with Crippen molar-refractivity contribution in [1.29, 1.82) is 0 Å². The molecule has 4 heteroatoms. The Hall–Kier alpha value is -1.71. The molecule has 1 unspecified atom stereocenters. The van der Waals surface area contributed by atoms with Crippen molar-refractivity contribution < 1.29 is 4.79 Å². The summed E-state index contributed by atoms with van der Waals surface area (Å²) in [4.78, 5) is 12.3. The largest absolute Gasteiger partial charge is 0.381 e. The second-order valence-corrected chi connectivity index (χ2v) is 5.75. The molecule has 0 bridgehead atoms. The van der Waals surface area contributed by atoms with Crippen LogP contribution in [-0.4, -0.2) is 24.0 Å². The zero-order chi connectivity index (χ0) is 13.9. The first-order valence-electron chi connectivity index (χ1n) is 6.93. The van der Waals surface area contributed by atoms with Crippen LogP contribution in [0.25, 0.3) is 0 Å². The molecule has 0 aliphatic carbocycles. The van der Waals surface area contributed by atoms with Gasteiger partial charge in [0.15, 0.2) is 0 Å². The number of rotatable bonds is 4. The summed E-state index contributed by atoms with van der Waals surface area (Å²) in [7, 11) is 0. The Kier molecular flexibility index (Phi) is 3.98. The van der Waals surface area contributed by atoms with Gasteiger partial charge in [-0.05, 0) is 32.4 Å². The molecule has 3 N–H and O–H groups in total.